The average Bonchev–Trinajstić information content (AvgIpc) is 2.52. The molecule has 23 heavy (non-hydrogen) atoms. The quantitative estimate of drug-likeness (QED) is 0.420. The lowest BCUT2D eigenvalue weighted by molar-refractivity contribution is -0.384. The van der Waals surface area contributed by atoms with Crippen LogP contribution in [0.4, 0.5) is 5.69 Å². The minimum absolute atomic E-state index is 0.103. The molecule has 0 radical (unpaired) electrons. The van der Waals surface area contributed by atoms with Crippen LogP contribution >= 0.6 is 0 Å². The van der Waals surface area contributed by atoms with Crippen molar-refractivity contribution in [2.45, 2.75) is 27.2 Å². The van der Waals surface area contributed by atoms with E-state index in [0.717, 1.165) is 41.0 Å². The highest BCUT2D eigenvalue weighted by molar-refractivity contribution is 5.71. The second-order valence-electron chi connectivity index (χ2n) is 5.51. The molecule has 0 heterocycles. The molecular formula is C19H21NO3. The molecule has 0 aromatic heterocycles. The van der Waals surface area contributed by atoms with Gasteiger partial charge in [0.05, 0.1) is 11.5 Å². The lowest BCUT2D eigenvalue weighted by Crippen LogP contribution is -1.99. The molecule has 0 aliphatic carbocycles. The standard InChI is InChI=1S/C19H21NO3/c1-4-11-23-19-14(2)12-17(13-15(19)3)6-5-16-7-9-18(10-8-16)20(21)22/h5-10,12-13H,4,11H2,1-3H3/b6-5+. The summed E-state index contributed by atoms with van der Waals surface area (Å²) in [5, 5.41) is 10.6. The topological polar surface area (TPSA) is 52.4 Å². The van der Waals surface area contributed by atoms with E-state index in [1.54, 1.807) is 12.1 Å². The summed E-state index contributed by atoms with van der Waals surface area (Å²) >= 11 is 0. The number of hydrogen-bond donors (Lipinski definition) is 0. The number of hydrogen-bond acceptors (Lipinski definition) is 3. The SMILES string of the molecule is CCCOc1c(C)cc(/C=C/c2ccc([N+](=O)[O-])cc2)cc1C. The van der Waals surface area contributed by atoms with Gasteiger partial charge in [0.25, 0.3) is 5.69 Å². The number of nitro benzene ring substituents is 1. The van der Waals surface area contributed by atoms with Crippen molar-refractivity contribution in [3.63, 3.8) is 0 Å². The van der Waals surface area contributed by atoms with E-state index in [1.165, 1.54) is 12.1 Å². The predicted molar refractivity (Wildman–Crippen MR) is 93.7 cm³/mol. The number of non-ortho nitro benzene ring substituents is 1. The van der Waals surface area contributed by atoms with Gasteiger partial charge < -0.3 is 4.74 Å². The first-order valence-corrected chi connectivity index (χ1v) is 7.68. The molecule has 0 aliphatic rings. The number of benzene rings is 2. The van der Waals surface area contributed by atoms with Crippen molar-refractivity contribution in [1.29, 1.82) is 0 Å². The third-order valence-electron chi connectivity index (χ3n) is 3.51. The van der Waals surface area contributed by atoms with Crippen molar-refractivity contribution in [3.05, 3.63) is 68.8 Å². The largest absolute Gasteiger partial charge is 0.493 e. The number of nitrogens with zero attached hydrogens (tertiary/aromatic N) is 1. The third kappa shape index (κ3) is 4.42. The Kier molecular flexibility index (Phi) is 5.52. The molecule has 0 saturated heterocycles. The summed E-state index contributed by atoms with van der Waals surface area (Å²) in [4.78, 5) is 10.3. The molecule has 0 saturated carbocycles. The van der Waals surface area contributed by atoms with E-state index in [1.807, 2.05) is 26.0 Å². The molecular weight excluding hydrogens is 290 g/mol. The molecule has 4 nitrogen and oxygen atoms in total. The maximum Gasteiger partial charge on any atom is 0.269 e. The lowest BCUT2D eigenvalue weighted by atomic mass is 10.0. The van der Waals surface area contributed by atoms with Gasteiger partial charge in [0.15, 0.2) is 0 Å². The minimum Gasteiger partial charge on any atom is -0.493 e. The van der Waals surface area contributed by atoms with E-state index in [-0.39, 0.29) is 5.69 Å². The third-order valence-corrected chi connectivity index (χ3v) is 3.51. The summed E-state index contributed by atoms with van der Waals surface area (Å²) in [7, 11) is 0. The molecule has 0 unspecified atom stereocenters. The summed E-state index contributed by atoms with van der Waals surface area (Å²) in [5.41, 5.74) is 4.34. The lowest BCUT2D eigenvalue weighted by Gasteiger charge is -2.12. The van der Waals surface area contributed by atoms with Gasteiger partial charge in [0.1, 0.15) is 5.75 Å². The highest BCUT2D eigenvalue weighted by atomic mass is 16.6. The molecule has 2 rings (SSSR count). The summed E-state index contributed by atoms with van der Waals surface area (Å²) < 4.78 is 5.78. The second-order valence-corrected chi connectivity index (χ2v) is 5.51. The maximum absolute atomic E-state index is 10.6. The van der Waals surface area contributed by atoms with Gasteiger partial charge in [0.2, 0.25) is 0 Å². The smallest absolute Gasteiger partial charge is 0.269 e. The normalized spacial score (nSPS) is 10.9. The fourth-order valence-corrected chi connectivity index (χ4v) is 2.41. The zero-order chi connectivity index (χ0) is 16.8. The van der Waals surface area contributed by atoms with Crippen LogP contribution in [0.15, 0.2) is 36.4 Å². The van der Waals surface area contributed by atoms with Crippen LogP contribution in [-0.4, -0.2) is 11.5 Å². The number of ether oxygens (including phenoxy) is 1. The van der Waals surface area contributed by atoms with Gasteiger partial charge in [0, 0.05) is 12.1 Å². The van der Waals surface area contributed by atoms with Gasteiger partial charge >= 0.3 is 0 Å². The summed E-state index contributed by atoms with van der Waals surface area (Å²) in [6.45, 7) is 6.90. The van der Waals surface area contributed by atoms with Crippen molar-refractivity contribution in [1.82, 2.24) is 0 Å². The van der Waals surface area contributed by atoms with Gasteiger partial charge in [-0.3, -0.25) is 10.1 Å². The molecule has 0 fully saturated rings. The molecule has 0 spiro atoms. The number of aryl methyl sites for hydroxylation is 2. The first kappa shape index (κ1) is 16.7. The summed E-state index contributed by atoms with van der Waals surface area (Å²) in [6.07, 6.45) is 4.94. The second kappa shape index (κ2) is 7.58. The van der Waals surface area contributed by atoms with Crippen molar-refractivity contribution in [3.8, 4) is 5.75 Å². The van der Waals surface area contributed by atoms with E-state index in [2.05, 4.69) is 19.1 Å². The van der Waals surface area contributed by atoms with E-state index in [0.29, 0.717) is 0 Å². The van der Waals surface area contributed by atoms with Crippen LogP contribution in [-0.2, 0) is 0 Å². The number of nitro groups is 1. The van der Waals surface area contributed by atoms with Crippen molar-refractivity contribution >= 4 is 17.8 Å². The van der Waals surface area contributed by atoms with Crippen LogP contribution < -0.4 is 4.74 Å². The summed E-state index contributed by atoms with van der Waals surface area (Å²) in [6, 6.07) is 10.7. The molecule has 120 valence electrons. The fourth-order valence-electron chi connectivity index (χ4n) is 2.41. The Balaban J connectivity index is 2.17. The van der Waals surface area contributed by atoms with Gasteiger partial charge in [-0.05, 0) is 66.8 Å². The monoisotopic (exact) mass is 311 g/mol. The first-order valence-electron chi connectivity index (χ1n) is 7.68. The van der Waals surface area contributed by atoms with Gasteiger partial charge in [-0.25, -0.2) is 0 Å². The zero-order valence-corrected chi connectivity index (χ0v) is 13.7. The number of rotatable bonds is 6. The molecule has 4 heteroatoms. The molecule has 0 amide bonds. The van der Waals surface area contributed by atoms with E-state index in [4.69, 9.17) is 4.74 Å². The summed E-state index contributed by atoms with van der Waals surface area (Å²) in [5.74, 6) is 0.958. The maximum atomic E-state index is 10.6. The Morgan fingerprint density at radius 3 is 2.13 bits per heavy atom. The Labute approximate surface area is 136 Å². The Morgan fingerprint density at radius 1 is 1.04 bits per heavy atom. The minimum atomic E-state index is -0.394. The molecule has 0 N–H and O–H groups in total. The predicted octanol–water partition coefficient (Wildman–Crippen LogP) is 5.17. The van der Waals surface area contributed by atoms with Crippen LogP contribution in [0, 0.1) is 24.0 Å². The Morgan fingerprint density at radius 2 is 1.61 bits per heavy atom. The zero-order valence-electron chi connectivity index (χ0n) is 13.7. The highest BCUT2D eigenvalue weighted by Gasteiger charge is 2.05. The van der Waals surface area contributed by atoms with Crippen LogP contribution in [0.2, 0.25) is 0 Å². The van der Waals surface area contributed by atoms with E-state index >= 15 is 0 Å². The van der Waals surface area contributed by atoms with Crippen molar-refractivity contribution < 1.29 is 9.66 Å². The van der Waals surface area contributed by atoms with Crippen molar-refractivity contribution in [2.24, 2.45) is 0 Å². The fraction of sp³-hybridized carbons (Fsp3) is 0.263. The molecule has 0 aliphatic heterocycles. The van der Waals surface area contributed by atoms with Crippen LogP contribution in [0.5, 0.6) is 5.75 Å². The Hall–Kier alpha value is -2.62. The average molecular weight is 311 g/mol. The van der Waals surface area contributed by atoms with E-state index < -0.39 is 4.92 Å². The highest BCUT2D eigenvalue weighted by Crippen LogP contribution is 2.26. The van der Waals surface area contributed by atoms with Gasteiger partial charge in [-0.1, -0.05) is 19.1 Å². The van der Waals surface area contributed by atoms with Crippen LogP contribution in [0.1, 0.15) is 35.6 Å². The van der Waals surface area contributed by atoms with Crippen molar-refractivity contribution in [2.75, 3.05) is 6.61 Å². The van der Waals surface area contributed by atoms with Gasteiger partial charge in [-0.15, -0.1) is 0 Å². The van der Waals surface area contributed by atoms with Crippen LogP contribution in [0.25, 0.3) is 12.2 Å². The molecule has 2 aromatic carbocycles. The Bertz CT molecular complexity index is 695. The van der Waals surface area contributed by atoms with Gasteiger partial charge in [-0.2, -0.15) is 0 Å². The molecule has 0 atom stereocenters. The van der Waals surface area contributed by atoms with Crippen LogP contribution in [0.3, 0.4) is 0 Å². The first-order chi connectivity index (χ1) is 11.0. The van der Waals surface area contributed by atoms with E-state index in [9.17, 15) is 10.1 Å². The molecule has 2 aromatic rings. The molecule has 0 bridgehead atoms.